The van der Waals surface area contributed by atoms with Crippen LogP contribution in [0.2, 0.25) is 0 Å². The Morgan fingerprint density at radius 2 is 1.90 bits per heavy atom. The molecule has 3 N–H and O–H groups in total. The standard InChI is InChI=1S/C17H19FN2O/c1-3-15(12-4-7-14(18)8-5-12)20-16-9-6-13(17(19)21)10-11(16)2/h4-10,15,20H,3H2,1-2H3,(H2,19,21). The van der Waals surface area contributed by atoms with Crippen molar-refractivity contribution in [2.75, 3.05) is 5.32 Å². The van der Waals surface area contributed by atoms with Crippen molar-refractivity contribution in [3.05, 3.63) is 65.0 Å². The van der Waals surface area contributed by atoms with Gasteiger partial charge in [0.2, 0.25) is 5.91 Å². The van der Waals surface area contributed by atoms with Crippen LogP contribution in [0.25, 0.3) is 0 Å². The molecule has 2 aromatic carbocycles. The second-order valence-corrected chi connectivity index (χ2v) is 5.05. The van der Waals surface area contributed by atoms with Gasteiger partial charge in [-0.05, 0) is 54.8 Å². The highest BCUT2D eigenvalue weighted by atomic mass is 19.1. The van der Waals surface area contributed by atoms with Gasteiger partial charge in [0.05, 0.1) is 6.04 Å². The molecule has 0 heterocycles. The number of anilines is 1. The first-order chi connectivity index (χ1) is 10.0. The molecule has 1 atom stereocenters. The fourth-order valence-electron chi connectivity index (χ4n) is 2.28. The van der Waals surface area contributed by atoms with Gasteiger partial charge in [0.1, 0.15) is 5.82 Å². The number of halogens is 1. The zero-order chi connectivity index (χ0) is 15.4. The smallest absolute Gasteiger partial charge is 0.248 e. The summed E-state index contributed by atoms with van der Waals surface area (Å²) < 4.78 is 13.0. The molecule has 110 valence electrons. The molecule has 0 fully saturated rings. The van der Waals surface area contributed by atoms with Gasteiger partial charge in [0.25, 0.3) is 0 Å². The van der Waals surface area contributed by atoms with Crippen LogP contribution in [0.1, 0.15) is 40.9 Å². The van der Waals surface area contributed by atoms with E-state index in [-0.39, 0.29) is 11.9 Å². The van der Waals surface area contributed by atoms with Crippen LogP contribution in [0.3, 0.4) is 0 Å². The number of nitrogens with two attached hydrogens (primary N) is 1. The molecule has 0 aliphatic rings. The van der Waals surface area contributed by atoms with Crippen LogP contribution < -0.4 is 11.1 Å². The van der Waals surface area contributed by atoms with E-state index >= 15 is 0 Å². The van der Waals surface area contributed by atoms with Gasteiger partial charge in [0, 0.05) is 11.3 Å². The molecule has 0 spiro atoms. The van der Waals surface area contributed by atoms with Gasteiger partial charge in [-0.3, -0.25) is 4.79 Å². The van der Waals surface area contributed by atoms with Gasteiger partial charge in [-0.25, -0.2) is 4.39 Å². The molecular weight excluding hydrogens is 267 g/mol. The summed E-state index contributed by atoms with van der Waals surface area (Å²) in [5, 5.41) is 3.42. The number of hydrogen-bond acceptors (Lipinski definition) is 2. The summed E-state index contributed by atoms with van der Waals surface area (Å²) in [6, 6.07) is 11.9. The van der Waals surface area contributed by atoms with Crippen LogP contribution in [0.15, 0.2) is 42.5 Å². The first-order valence-corrected chi connectivity index (χ1v) is 6.93. The third-order valence-electron chi connectivity index (χ3n) is 3.52. The Kier molecular flexibility index (Phi) is 4.58. The number of rotatable bonds is 5. The maximum Gasteiger partial charge on any atom is 0.248 e. The molecule has 0 radical (unpaired) electrons. The van der Waals surface area contributed by atoms with E-state index in [9.17, 15) is 9.18 Å². The largest absolute Gasteiger partial charge is 0.378 e. The highest BCUT2D eigenvalue weighted by molar-refractivity contribution is 5.93. The molecule has 4 heteroatoms. The van der Waals surface area contributed by atoms with Crippen LogP contribution >= 0.6 is 0 Å². The summed E-state index contributed by atoms with van der Waals surface area (Å²) in [5.41, 5.74) is 8.68. The van der Waals surface area contributed by atoms with E-state index in [4.69, 9.17) is 5.73 Å². The second-order valence-electron chi connectivity index (χ2n) is 5.05. The van der Waals surface area contributed by atoms with Gasteiger partial charge >= 0.3 is 0 Å². The Morgan fingerprint density at radius 3 is 2.43 bits per heavy atom. The van der Waals surface area contributed by atoms with Crippen LogP contribution in [0, 0.1) is 12.7 Å². The van der Waals surface area contributed by atoms with Crippen molar-refractivity contribution < 1.29 is 9.18 Å². The summed E-state index contributed by atoms with van der Waals surface area (Å²) in [6.45, 7) is 3.99. The van der Waals surface area contributed by atoms with E-state index in [2.05, 4.69) is 12.2 Å². The lowest BCUT2D eigenvalue weighted by atomic mass is 10.0. The van der Waals surface area contributed by atoms with Crippen molar-refractivity contribution in [1.82, 2.24) is 0 Å². The third-order valence-corrected chi connectivity index (χ3v) is 3.52. The molecule has 0 bridgehead atoms. The minimum atomic E-state index is -0.435. The van der Waals surface area contributed by atoms with Crippen LogP contribution in [0.5, 0.6) is 0 Å². The lowest BCUT2D eigenvalue weighted by Gasteiger charge is -2.20. The van der Waals surface area contributed by atoms with E-state index in [1.807, 2.05) is 13.0 Å². The minimum absolute atomic E-state index is 0.0868. The maximum atomic E-state index is 13.0. The van der Waals surface area contributed by atoms with Crippen molar-refractivity contribution in [1.29, 1.82) is 0 Å². The number of carbonyl (C=O) groups excluding carboxylic acids is 1. The highest BCUT2D eigenvalue weighted by Crippen LogP contribution is 2.25. The first kappa shape index (κ1) is 15.0. The normalized spacial score (nSPS) is 12.0. The molecule has 1 amide bonds. The second kappa shape index (κ2) is 6.39. The molecule has 2 rings (SSSR count). The molecule has 0 aromatic heterocycles. The predicted octanol–water partition coefficient (Wildman–Crippen LogP) is 3.80. The molecule has 2 aromatic rings. The van der Waals surface area contributed by atoms with Gasteiger partial charge in [-0.15, -0.1) is 0 Å². The Bertz CT molecular complexity index is 638. The number of carbonyl (C=O) groups is 1. The Balaban J connectivity index is 2.22. The Labute approximate surface area is 124 Å². The van der Waals surface area contributed by atoms with Crippen molar-refractivity contribution in [3.8, 4) is 0 Å². The Morgan fingerprint density at radius 1 is 1.24 bits per heavy atom. The topological polar surface area (TPSA) is 55.1 Å². The van der Waals surface area contributed by atoms with Crippen molar-refractivity contribution in [2.24, 2.45) is 5.73 Å². The van der Waals surface area contributed by atoms with E-state index in [1.54, 1.807) is 24.3 Å². The highest BCUT2D eigenvalue weighted by Gasteiger charge is 2.11. The van der Waals surface area contributed by atoms with E-state index < -0.39 is 5.91 Å². The molecule has 0 saturated carbocycles. The molecule has 0 aliphatic heterocycles. The number of nitrogens with one attached hydrogen (secondary N) is 1. The van der Waals surface area contributed by atoms with E-state index in [0.717, 1.165) is 23.2 Å². The molecule has 3 nitrogen and oxygen atoms in total. The molecule has 0 saturated heterocycles. The number of amides is 1. The SMILES string of the molecule is CCC(Nc1ccc(C(N)=O)cc1C)c1ccc(F)cc1. The third kappa shape index (κ3) is 3.60. The summed E-state index contributed by atoms with van der Waals surface area (Å²) in [5.74, 6) is -0.675. The number of primary amides is 1. The first-order valence-electron chi connectivity index (χ1n) is 6.93. The lowest BCUT2D eigenvalue weighted by Crippen LogP contribution is -2.13. The fraction of sp³-hybridized carbons (Fsp3) is 0.235. The predicted molar refractivity (Wildman–Crippen MR) is 82.8 cm³/mol. The van der Waals surface area contributed by atoms with Gasteiger partial charge < -0.3 is 11.1 Å². The molecular formula is C17H19FN2O. The summed E-state index contributed by atoms with van der Waals surface area (Å²) in [7, 11) is 0. The Hall–Kier alpha value is -2.36. The maximum absolute atomic E-state index is 13.0. The van der Waals surface area contributed by atoms with E-state index in [1.165, 1.54) is 12.1 Å². The average molecular weight is 286 g/mol. The number of hydrogen-bond donors (Lipinski definition) is 2. The summed E-state index contributed by atoms with van der Waals surface area (Å²) in [6.07, 6.45) is 0.864. The quantitative estimate of drug-likeness (QED) is 0.878. The average Bonchev–Trinajstić information content (AvgIpc) is 2.47. The molecule has 0 aliphatic carbocycles. The van der Waals surface area contributed by atoms with Crippen molar-refractivity contribution in [2.45, 2.75) is 26.3 Å². The zero-order valence-electron chi connectivity index (χ0n) is 12.2. The van der Waals surface area contributed by atoms with Gasteiger partial charge in [-0.2, -0.15) is 0 Å². The summed E-state index contributed by atoms with van der Waals surface area (Å²) in [4.78, 5) is 11.2. The minimum Gasteiger partial charge on any atom is -0.378 e. The van der Waals surface area contributed by atoms with Gasteiger partial charge in [-0.1, -0.05) is 19.1 Å². The van der Waals surface area contributed by atoms with Crippen molar-refractivity contribution in [3.63, 3.8) is 0 Å². The lowest BCUT2D eigenvalue weighted by molar-refractivity contribution is 0.1000. The molecule has 1 unspecified atom stereocenters. The summed E-state index contributed by atoms with van der Waals surface area (Å²) >= 11 is 0. The number of aryl methyl sites for hydroxylation is 1. The number of benzene rings is 2. The van der Waals surface area contributed by atoms with Crippen LogP contribution in [0.4, 0.5) is 10.1 Å². The van der Waals surface area contributed by atoms with Crippen LogP contribution in [-0.2, 0) is 0 Å². The van der Waals surface area contributed by atoms with Crippen molar-refractivity contribution >= 4 is 11.6 Å². The van der Waals surface area contributed by atoms with Crippen LogP contribution in [-0.4, -0.2) is 5.91 Å². The zero-order valence-corrected chi connectivity index (χ0v) is 12.2. The monoisotopic (exact) mass is 286 g/mol. The molecule has 21 heavy (non-hydrogen) atoms. The fourth-order valence-corrected chi connectivity index (χ4v) is 2.28. The van der Waals surface area contributed by atoms with Gasteiger partial charge in [0.15, 0.2) is 0 Å². The van der Waals surface area contributed by atoms with E-state index in [0.29, 0.717) is 5.56 Å².